The predicted octanol–water partition coefficient (Wildman–Crippen LogP) is 4.94. The van der Waals surface area contributed by atoms with Gasteiger partial charge in [-0.15, -0.1) is 5.10 Å². The molecule has 0 unspecified atom stereocenters. The lowest BCUT2D eigenvalue weighted by Crippen LogP contribution is -2.00. The molecule has 0 fully saturated rings. The van der Waals surface area contributed by atoms with Crippen LogP contribution < -0.4 is 9.47 Å². The highest BCUT2D eigenvalue weighted by molar-refractivity contribution is 7.99. The van der Waals surface area contributed by atoms with Crippen LogP contribution in [0.25, 0.3) is 12.2 Å². The summed E-state index contributed by atoms with van der Waals surface area (Å²) in [5.74, 6) is 3.22. The van der Waals surface area contributed by atoms with Gasteiger partial charge in [-0.05, 0) is 42.3 Å². The summed E-state index contributed by atoms with van der Waals surface area (Å²) in [5.41, 5.74) is 1.13. The van der Waals surface area contributed by atoms with Crippen molar-refractivity contribution in [1.82, 2.24) is 15.2 Å². The maximum Gasteiger partial charge on any atom is 0.208 e. The van der Waals surface area contributed by atoms with Gasteiger partial charge in [0.1, 0.15) is 17.3 Å². The van der Waals surface area contributed by atoms with Crippen molar-refractivity contribution < 1.29 is 9.47 Å². The summed E-state index contributed by atoms with van der Waals surface area (Å²) >= 11 is 1.56. The molecule has 0 atom stereocenters. The second-order valence-corrected chi connectivity index (χ2v) is 6.83. The van der Waals surface area contributed by atoms with Gasteiger partial charge in [-0.25, -0.2) is 4.98 Å². The Kier molecular flexibility index (Phi) is 7.35. The number of benzene rings is 2. The molecule has 0 spiro atoms. The van der Waals surface area contributed by atoms with Gasteiger partial charge in [0, 0.05) is 5.75 Å². The number of aromatic nitrogens is 3. The van der Waals surface area contributed by atoms with Gasteiger partial charge in [0.05, 0.1) is 13.2 Å². The van der Waals surface area contributed by atoms with Crippen LogP contribution in [-0.2, 0) is 0 Å². The summed E-state index contributed by atoms with van der Waals surface area (Å²) in [6.45, 7) is 3.41. The van der Waals surface area contributed by atoms with Gasteiger partial charge >= 0.3 is 0 Å². The Hall–Kier alpha value is -2.73. The molecule has 6 heteroatoms. The number of nitrogens with one attached hydrogen (secondary N) is 1. The third-order valence-electron chi connectivity index (χ3n) is 3.60. The summed E-state index contributed by atoms with van der Waals surface area (Å²) in [4.78, 5) is 4.45. The maximum absolute atomic E-state index is 5.74. The zero-order valence-corrected chi connectivity index (χ0v) is 16.1. The SMILES string of the molecule is CCCOc1ccc(OCCSc2n[nH]c(/C=C/c3ccccc3)n2)cc1. The van der Waals surface area contributed by atoms with Gasteiger partial charge in [0.25, 0.3) is 0 Å². The van der Waals surface area contributed by atoms with E-state index in [2.05, 4.69) is 22.1 Å². The highest BCUT2D eigenvalue weighted by atomic mass is 32.2. The van der Waals surface area contributed by atoms with Crippen LogP contribution in [-0.4, -0.2) is 34.1 Å². The molecule has 5 nitrogen and oxygen atoms in total. The van der Waals surface area contributed by atoms with E-state index in [0.717, 1.165) is 46.8 Å². The van der Waals surface area contributed by atoms with Crippen LogP contribution in [0.2, 0.25) is 0 Å². The first-order valence-electron chi connectivity index (χ1n) is 8.97. The lowest BCUT2D eigenvalue weighted by atomic mass is 10.2. The standard InChI is InChI=1S/C21H23N3O2S/c1-2-14-25-18-9-11-19(12-10-18)26-15-16-27-21-22-20(23-24-21)13-8-17-6-4-3-5-7-17/h3-13H,2,14-16H2,1H3,(H,22,23,24)/b13-8+. The molecule has 1 N–H and O–H groups in total. The average Bonchev–Trinajstić information content (AvgIpc) is 3.17. The molecule has 1 heterocycles. The fourth-order valence-corrected chi connectivity index (χ4v) is 2.90. The first-order chi connectivity index (χ1) is 13.3. The van der Waals surface area contributed by atoms with E-state index in [-0.39, 0.29) is 0 Å². The fraction of sp³-hybridized carbons (Fsp3) is 0.238. The molecule has 0 aliphatic carbocycles. The van der Waals surface area contributed by atoms with Crippen LogP contribution in [0.1, 0.15) is 24.7 Å². The lowest BCUT2D eigenvalue weighted by molar-refractivity contribution is 0.314. The van der Waals surface area contributed by atoms with Gasteiger partial charge < -0.3 is 9.47 Å². The Morgan fingerprint density at radius 1 is 0.926 bits per heavy atom. The zero-order chi connectivity index (χ0) is 18.7. The molecule has 2 aromatic carbocycles. The van der Waals surface area contributed by atoms with E-state index in [0.29, 0.717) is 6.61 Å². The molecule has 0 bridgehead atoms. The Bertz CT molecular complexity index is 832. The minimum Gasteiger partial charge on any atom is -0.494 e. The quantitative estimate of drug-likeness (QED) is 0.398. The van der Waals surface area contributed by atoms with Crippen LogP contribution in [0, 0.1) is 0 Å². The van der Waals surface area contributed by atoms with Crippen molar-refractivity contribution in [2.75, 3.05) is 19.0 Å². The van der Waals surface area contributed by atoms with Crippen LogP contribution in [0.4, 0.5) is 0 Å². The van der Waals surface area contributed by atoms with E-state index in [9.17, 15) is 0 Å². The highest BCUT2D eigenvalue weighted by Crippen LogP contribution is 2.19. The topological polar surface area (TPSA) is 60.0 Å². The number of hydrogen-bond donors (Lipinski definition) is 1. The van der Waals surface area contributed by atoms with E-state index < -0.39 is 0 Å². The summed E-state index contributed by atoms with van der Waals surface area (Å²) in [6.07, 6.45) is 4.93. The van der Waals surface area contributed by atoms with Crippen LogP contribution in [0.5, 0.6) is 11.5 Å². The number of H-pyrrole nitrogens is 1. The van der Waals surface area contributed by atoms with Crippen molar-refractivity contribution >= 4 is 23.9 Å². The van der Waals surface area contributed by atoms with E-state index >= 15 is 0 Å². The Morgan fingerprint density at radius 2 is 1.63 bits per heavy atom. The molecule has 140 valence electrons. The third kappa shape index (κ3) is 6.49. The molecular weight excluding hydrogens is 358 g/mol. The van der Waals surface area contributed by atoms with E-state index in [4.69, 9.17) is 9.47 Å². The second kappa shape index (κ2) is 10.4. The van der Waals surface area contributed by atoms with Crippen molar-refractivity contribution in [3.05, 3.63) is 66.0 Å². The molecule has 0 aliphatic heterocycles. The van der Waals surface area contributed by atoms with Crippen LogP contribution >= 0.6 is 11.8 Å². The number of thioether (sulfide) groups is 1. The highest BCUT2D eigenvalue weighted by Gasteiger charge is 2.02. The summed E-state index contributed by atoms with van der Waals surface area (Å²) < 4.78 is 11.3. The monoisotopic (exact) mass is 381 g/mol. The van der Waals surface area contributed by atoms with Crippen molar-refractivity contribution in [3.8, 4) is 11.5 Å². The largest absolute Gasteiger partial charge is 0.494 e. The smallest absolute Gasteiger partial charge is 0.208 e. The fourth-order valence-electron chi connectivity index (χ4n) is 2.28. The molecule has 3 rings (SSSR count). The van der Waals surface area contributed by atoms with Gasteiger partial charge in [-0.2, -0.15) is 0 Å². The van der Waals surface area contributed by atoms with Gasteiger partial charge in [0.15, 0.2) is 0 Å². The molecule has 0 amide bonds. The summed E-state index contributed by atoms with van der Waals surface area (Å²) in [6, 6.07) is 17.8. The number of rotatable bonds is 10. The third-order valence-corrected chi connectivity index (χ3v) is 4.41. The van der Waals surface area contributed by atoms with E-state index in [1.807, 2.05) is 66.7 Å². The predicted molar refractivity (Wildman–Crippen MR) is 110 cm³/mol. The number of aromatic amines is 1. The second-order valence-electron chi connectivity index (χ2n) is 5.76. The summed E-state index contributed by atoms with van der Waals surface area (Å²) in [7, 11) is 0. The Balaban J connectivity index is 1.39. The Labute approximate surface area is 163 Å². The summed E-state index contributed by atoms with van der Waals surface area (Å²) in [5, 5.41) is 7.87. The minimum absolute atomic E-state index is 0.587. The molecular formula is C21H23N3O2S. The molecule has 0 saturated heterocycles. The normalized spacial score (nSPS) is 11.0. The lowest BCUT2D eigenvalue weighted by Gasteiger charge is -2.07. The molecule has 27 heavy (non-hydrogen) atoms. The molecule has 0 aliphatic rings. The van der Waals surface area contributed by atoms with Crippen molar-refractivity contribution in [2.45, 2.75) is 18.5 Å². The number of ether oxygens (including phenoxy) is 2. The molecule has 0 saturated carbocycles. The van der Waals surface area contributed by atoms with Crippen molar-refractivity contribution in [2.24, 2.45) is 0 Å². The molecule has 0 radical (unpaired) electrons. The van der Waals surface area contributed by atoms with Crippen LogP contribution in [0.3, 0.4) is 0 Å². The average molecular weight is 382 g/mol. The van der Waals surface area contributed by atoms with E-state index in [1.165, 1.54) is 0 Å². The van der Waals surface area contributed by atoms with E-state index in [1.54, 1.807) is 11.8 Å². The maximum atomic E-state index is 5.74. The Morgan fingerprint density at radius 3 is 2.33 bits per heavy atom. The minimum atomic E-state index is 0.587. The number of nitrogens with zero attached hydrogens (tertiary/aromatic N) is 2. The first-order valence-corrected chi connectivity index (χ1v) is 9.96. The molecule has 3 aromatic rings. The van der Waals surface area contributed by atoms with Crippen molar-refractivity contribution in [1.29, 1.82) is 0 Å². The first kappa shape index (κ1) is 19.0. The van der Waals surface area contributed by atoms with Gasteiger partial charge in [-0.3, -0.25) is 5.10 Å². The van der Waals surface area contributed by atoms with Gasteiger partial charge in [-0.1, -0.05) is 55.1 Å². The number of hydrogen-bond acceptors (Lipinski definition) is 5. The van der Waals surface area contributed by atoms with Crippen molar-refractivity contribution in [3.63, 3.8) is 0 Å². The molecule has 1 aromatic heterocycles. The van der Waals surface area contributed by atoms with Gasteiger partial charge in [0.2, 0.25) is 5.16 Å². The zero-order valence-electron chi connectivity index (χ0n) is 15.3. The van der Waals surface area contributed by atoms with Crippen LogP contribution in [0.15, 0.2) is 59.8 Å².